The number of nitrogens with one attached hydrogen (secondary N) is 1. The Labute approximate surface area is 327 Å². The van der Waals surface area contributed by atoms with Gasteiger partial charge in [-0.15, -0.1) is 0 Å². The van der Waals surface area contributed by atoms with Gasteiger partial charge in [0.15, 0.2) is 0 Å². The van der Waals surface area contributed by atoms with E-state index in [0.29, 0.717) is 17.5 Å². The Morgan fingerprint density at radius 1 is 1.08 bits per heavy atom. The molecule has 244 valence electrons. The summed E-state index contributed by atoms with van der Waals surface area (Å²) in [4.78, 5) is 55.6. The summed E-state index contributed by atoms with van der Waals surface area (Å²) in [6, 6.07) is 19.2. The number of hydrogen-bond donors (Lipinski definition) is 2. The molecule has 0 radical (unpaired) electrons. The van der Waals surface area contributed by atoms with Gasteiger partial charge in [0, 0.05) is 24.4 Å². The monoisotopic (exact) mass is 703 g/mol. The number of phosphoric acid groups is 1. The van der Waals surface area contributed by atoms with Crippen molar-refractivity contribution in [3.05, 3.63) is 113 Å². The number of amides is 2. The fraction of sp³-hybridized carbons (Fsp3) is 0.250. The van der Waals surface area contributed by atoms with Gasteiger partial charge in [-0.1, -0.05) is 73.3 Å². The molecule has 2 saturated heterocycles. The van der Waals surface area contributed by atoms with Crippen LogP contribution < -0.4 is 89.6 Å². The van der Waals surface area contributed by atoms with Crippen LogP contribution in [-0.2, 0) is 33.7 Å². The maximum atomic E-state index is 14.3. The van der Waals surface area contributed by atoms with Gasteiger partial charge in [-0.25, -0.2) is 0 Å². The van der Waals surface area contributed by atoms with E-state index in [1.165, 1.54) is 33.3 Å². The molecule has 2 N–H and O–H groups in total. The van der Waals surface area contributed by atoms with Crippen molar-refractivity contribution in [2.24, 2.45) is 10.1 Å². The van der Waals surface area contributed by atoms with Crippen LogP contribution in [0.15, 0.2) is 95.7 Å². The number of fused-ring (bicyclic) bond motifs is 2. The van der Waals surface area contributed by atoms with E-state index in [1.807, 2.05) is 54.6 Å². The van der Waals surface area contributed by atoms with Gasteiger partial charge in [0.1, 0.15) is 24.5 Å². The maximum absolute atomic E-state index is 14.3. The summed E-state index contributed by atoms with van der Waals surface area (Å²) in [5.74, 6) is -0.821. The molecule has 3 aliphatic rings. The van der Waals surface area contributed by atoms with E-state index in [4.69, 9.17) is 4.89 Å². The first-order valence-corrected chi connectivity index (χ1v) is 16.4. The summed E-state index contributed by atoms with van der Waals surface area (Å²) in [6.45, 7) is 4.45. The Bertz CT molecular complexity index is 1880. The molecule has 49 heavy (non-hydrogen) atoms. The van der Waals surface area contributed by atoms with Gasteiger partial charge < -0.3 is 34.6 Å². The van der Waals surface area contributed by atoms with Gasteiger partial charge in [-0.05, 0) is 28.8 Å². The number of carbonyl (C=O) groups is 2. The Morgan fingerprint density at radius 3 is 2.51 bits per heavy atom. The van der Waals surface area contributed by atoms with E-state index in [2.05, 4.69) is 26.6 Å². The van der Waals surface area contributed by atoms with Crippen LogP contribution in [0, 0.1) is 0 Å². The molecule has 14 nitrogen and oxygen atoms in total. The number of rotatable bonds is 9. The minimum Gasteiger partial charge on any atom is -0.845 e. The molecule has 3 aromatic carbocycles. The Hall–Kier alpha value is -3.17. The van der Waals surface area contributed by atoms with Crippen molar-refractivity contribution in [1.82, 2.24) is 25.2 Å². The van der Waals surface area contributed by atoms with Crippen LogP contribution in [0.3, 0.4) is 0 Å². The molecule has 3 atom stereocenters. The van der Waals surface area contributed by atoms with E-state index in [9.17, 15) is 24.2 Å². The number of benzene rings is 3. The van der Waals surface area contributed by atoms with E-state index < -0.39 is 26.1 Å². The normalized spacial score (nSPS) is 19.8. The second kappa shape index (κ2) is 16.7. The molecule has 3 heterocycles. The first kappa shape index (κ1) is 38.6. The summed E-state index contributed by atoms with van der Waals surface area (Å²) in [5, 5.41) is 22.7. The fourth-order valence-corrected chi connectivity index (χ4v) is 6.40. The second-order valence-corrected chi connectivity index (χ2v) is 12.3. The minimum absolute atomic E-state index is 0. The SMILES string of the molecule is C=CN1CC(=O)N2[C@@H](Cc3ccc(OP(=O)([O-])O)cc3)C(=O)N(Cc3cccc4c3=NNCC=4)C[C@@H]2N1C([O-])=NCc1ccccc1.[Na+].[Na+]. The molecular formula is C32H32N7Na2O7P. The molecule has 0 spiro atoms. The van der Waals surface area contributed by atoms with Gasteiger partial charge >= 0.3 is 66.9 Å². The molecule has 2 amide bonds. The fourth-order valence-electron chi connectivity index (χ4n) is 6.02. The smallest absolute Gasteiger partial charge is 0.845 e. The van der Waals surface area contributed by atoms with Crippen LogP contribution >= 0.6 is 7.82 Å². The average Bonchev–Trinajstić information content (AvgIpc) is 3.06. The molecule has 0 aliphatic carbocycles. The predicted octanol–water partition coefficient (Wildman–Crippen LogP) is -6.85. The number of para-hydroxylation sites is 1. The standard InChI is InChI=1S/C32H34N7O7P.2Na/c1-2-37-21-29(40)38-27(17-22-11-13-26(14-12-22)46-47(43,44)45)31(41)36(19-25-10-6-9-24-15-16-34-35-30(24)25)20-28(38)39(37)32(42)33-18-23-7-4-3-5-8-23;;/h2-15,27-28,34H,1,16-21H2,(H,33,42)(H2,43,44,45);;/q;2*+1/p-2/t27-,28-;;/m0../s1. The molecule has 3 aliphatic heterocycles. The van der Waals surface area contributed by atoms with Crippen molar-refractivity contribution in [2.75, 3.05) is 19.6 Å². The van der Waals surface area contributed by atoms with Crippen molar-refractivity contribution in [3.63, 3.8) is 0 Å². The van der Waals surface area contributed by atoms with Crippen molar-refractivity contribution < 1.29 is 92.7 Å². The van der Waals surface area contributed by atoms with Crippen LogP contribution in [0.2, 0.25) is 0 Å². The zero-order valence-electron chi connectivity index (χ0n) is 27.2. The number of carbonyl (C=O) groups excluding carboxylic acids is 2. The van der Waals surface area contributed by atoms with E-state index in [1.54, 1.807) is 17.0 Å². The first-order chi connectivity index (χ1) is 22.6. The zero-order valence-corrected chi connectivity index (χ0v) is 32.1. The van der Waals surface area contributed by atoms with E-state index in [0.717, 1.165) is 16.3 Å². The number of piperazine rings is 1. The summed E-state index contributed by atoms with van der Waals surface area (Å²) in [5.41, 5.74) is 5.18. The van der Waals surface area contributed by atoms with Crippen molar-refractivity contribution in [2.45, 2.75) is 31.7 Å². The maximum Gasteiger partial charge on any atom is 1.00 e. The molecular weight excluding hydrogens is 671 g/mol. The third-order valence-electron chi connectivity index (χ3n) is 8.12. The molecule has 0 bridgehead atoms. The number of aliphatic imine (C=N–C) groups is 1. The number of amidine groups is 1. The third-order valence-corrected chi connectivity index (χ3v) is 8.56. The van der Waals surface area contributed by atoms with Crippen molar-refractivity contribution >= 4 is 31.7 Å². The van der Waals surface area contributed by atoms with Crippen LogP contribution in [-0.4, -0.2) is 74.4 Å². The summed E-state index contributed by atoms with van der Waals surface area (Å²) in [7, 11) is -5.01. The van der Waals surface area contributed by atoms with Crippen molar-refractivity contribution in [3.8, 4) is 5.75 Å². The second-order valence-electron chi connectivity index (χ2n) is 11.2. The first-order valence-electron chi connectivity index (χ1n) is 14.9. The summed E-state index contributed by atoms with van der Waals surface area (Å²) >= 11 is 0. The topological polar surface area (TPSA) is 176 Å². The predicted molar refractivity (Wildman–Crippen MR) is 166 cm³/mol. The summed E-state index contributed by atoms with van der Waals surface area (Å²) < 4.78 is 15.7. The molecule has 17 heteroatoms. The van der Waals surface area contributed by atoms with Crippen molar-refractivity contribution in [1.29, 1.82) is 0 Å². The number of phosphoric ester groups is 1. The molecule has 3 aromatic rings. The van der Waals surface area contributed by atoms with E-state index >= 15 is 0 Å². The number of hydrogen-bond acceptors (Lipinski definition) is 10. The molecule has 2 fully saturated rings. The average molecular weight is 704 g/mol. The molecule has 6 rings (SSSR count). The van der Waals surface area contributed by atoms with Crippen LogP contribution in [0.5, 0.6) is 5.75 Å². The largest absolute Gasteiger partial charge is 1.00 e. The Morgan fingerprint density at radius 2 is 1.82 bits per heavy atom. The molecule has 1 unspecified atom stereocenters. The molecule has 0 aromatic heterocycles. The molecule has 0 saturated carbocycles. The Balaban J connectivity index is 0.00000270. The van der Waals surface area contributed by atoms with Crippen LogP contribution in [0.1, 0.15) is 16.7 Å². The van der Waals surface area contributed by atoms with Crippen LogP contribution in [0.25, 0.3) is 6.08 Å². The van der Waals surface area contributed by atoms with Gasteiger partial charge in [-0.3, -0.25) is 29.2 Å². The minimum atomic E-state index is -5.01. The van der Waals surface area contributed by atoms with Gasteiger partial charge in [0.05, 0.1) is 31.0 Å². The van der Waals surface area contributed by atoms with E-state index in [-0.39, 0.29) is 109 Å². The third kappa shape index (κ3) is 8.95. The Kier molecular flexibility index (Phi) is 13.2. The number of hydrazine groups is 1. The van der Waals surface area contributed by atoms with Gasteiger partial charge in [-0.2, -0.15) is 5.10 Å². The van der Waals surface area contributed by atoms with Crippen LogP contribution in [0.4, 0.5) is 0 Å². The summed E-state index contributed by atoms with van der Waals surface area (Å²) in [6.07, 6.45) is 2.54. The van der Waals surface area contributed by atoms with Gasteiger partial charge in [0.25, 0.3) is 0 Å². The van der Waals surface area contributed by atoms with Gasteiger partial charge in [0.2, 0.25) is 11.8 Å². The number of nitrogens with zero attached hydrogens (tertiary/aromatic N) is 6. The zero-order chi connectivity index (χ0) is 33.1. The quantitative estimate of drug-likeness (QED) is 0.0944.